The van der Waals surface area contributed by atoms with Crippen molar-refractivity contribution in [3.05, 3.63) is 215 Å². The van der Waals surface area contributed by atoms with Crippen molar-refractivity contribution in [3.63, 3.8) is 0 Å². The zero-order valence-corrected chi connectivity index (χ0v) is 34.5. The maximum Gasteiger partial charge on any atom is 0.0726 e. The van der Waals surface area contributed by atoms with Crippen molar-refractivity contribution in [1.29, 1.82) is 0 Å². The Balaban J connectivity index is 1.07. The van der Waals surface area contributed by atoms with Gasteiger partial charge in [0.15, 0.2) is 0 Å². The van der Waals surface area contributed by atoms with Crippen LogP contribution in [0.25, 0.3) is 49.7 Å². The molecule has 1 heterocycles. The van der Waals surface area contributed by atoms with Gasteiger partial charge in [0.1, 0.15) is 0 Å². The molecule has 13 rings (SSSR count). The van der Waals surface area contributed by atoms with Crippen molar-refractivity contribution in [1.82, 2.24) is 4.57 Å². The number of rotatable bonds is 6. The minimum atomic E-state index is -0.414. The van der Waals surface area contributed by atoms with Crippen LogP contribution < -0.4 is 4.90 Å². The topological polar surface area (TPSA) is 8.17 Å². The van der Waals surface area contributed by atoms with Gasteiger partial charge in [-0.2, -0.15) is 0 Å². The normalized spacial score (nSPS) is 16.3. The second-order valence-corrected chi connectivity index (χ2v) is 18.1. The van der Waals surface area contributed by atoms with E-state index in [1.54, 1.807) is 0 Å². The highest BCUT2D eigenvalue weighted by atomic mass is 15.1. The van der Waals surface area contributed by atoms with E-state index in [1.165, 1.54) is 134 Å². The summed E-state index contributed by atoms with van der Waals surface area (Å²) in [4.78, 5) is 2.52. The molecule has 1 spiro atoms. The number of anilines is 3. The van der Waals surface area contributed by atoms with Crippen LogP contribution in [-0.4, -0.2) is 4.57 Å². The highest BCUT2D eigenvalue weighted by molar-refractivity contribution is 6.09. The van der Waals surface area contributed by atoms with E-state index >= 15 is 0 Å². The second-order valence-electron chi connectivity index (χ2n) is 18.1. The van der Waals surface area contributed by atoms with Crippen molar-refractivity contribution in [2.45, 2.75) is 68.6 Å². The molecule has 4 aliphatic rings. The van der Waals surface area contributed by atoms with Crippen LogP contribution in [0.5, 0.6) is 0 Å². The molecule has 0 N–H and O–H groups in total. The van der Waals surface area contributed by atoms with Crippen molar-refractivity contribution in [2.75, 3.05) is 4.90 Å². The smallest absolute Gasteiger partial charge is 0.0726 e. The largest absolute Gasteiger partial charge is 0.310 e. The molecular weight excluding hydrogens is 737 g/mol. The molecule has 9 aromatic rings. The van der Waals surface area contributed by atoms with E-state index in [0.717, 1.165) is 17.1 Å². The average molecular weight is 785 g/mol. The summed E-state index contributed by atoms with van der Waals surface area (Å²) >= 11 is 0. The SMILES string of the molecule is c1ccc(N(c2cccc(-n3c4ccccc4c4ccccc43)c2)c2cccc3c2-c2ccccc2C32c3cc(C4CCCC4)ccc3-c3ccc(C4CCCC4)cc32)cc1. The molecule has 0 radical (unpaired) electrons. The van der Waals surface area contributed by atoms with Gasteiger partial charge in [-0.25, -0.2) is 0 Å². The quantitative estimate of drug-likeness (QED) is 0.163. The highest BCUT2D eigenvalue weighted by Gasteiger charge is 2.53. The van der Waals surface area contributed by atoms with Gasteiger partial charge in [0, 0.05) is 33.4 Å². The molecule has 294 valence electrons. The van der Waals surface area contributed by atoms with Crippen LogP contribution in [0, 0.1) is 0 Å². The number of nitrogens with zero attached hydrogens (tertiary/aromatic N) is 2. The first-order valence-electron chi connectivity index (χ1n) is 22.7. The first-order valence-corrected chi connectivity index (χ1v) is 22.7. The number of benzene rings is 8. The van der Waals surface area contributed by atoms with Crippen LogP contribution in [-0.2, 0) is 5.41 Å². The Hall–Kier alpha value is -6.64. The van der Waals surface area contributed by atoms with E-state index < -0.39 is 5.41 Å². The Morgan fingerprint density at radius 3 is 1.61 bits per heavy atom. The van der Waals surface area contributed by atoms with Crippen molar-refractivity contribution < 1.29 is 0 Å². The molecule has 61 heavy (non-hydrogen) atoms. The Morgan fingerprint density at radius 1 is 0.410 bits per heavy atom. The van der Waals surface area contributed by atoms with E-state index in [4.69, 9.17) is 0 Å². The van der Waals surface area contributed by atoms with Crippen LogP contribution >= 0.6 is 0 Å². The monoisotopic (exact) mass is 784 g/mol. The fraction of sp³-hybridized carbons (Fsp3) is 0.186. The van der Waals surface area contributed by atoms with E-state index in [2.05, 4.69) is 191 Å². The molecule has 2 fully saturated rings. The van der Waals surface area contributed by atoms with E-state index in [0.29, 0.717) is 11.8 Å². The van der Waals surface area contributed by atoms with Crippen molar-refractivity contribution >= 4 is 38.9 Å². The number of hydrogen-bond donors (Lipinski definition) is 0. The highest BCUT2D eigenvalue weighted by Crippen LogP contribution is 2.65. The molecule has 0 atom stereocenters. The molecule has 2 saturated carbocycles. The van der Waals surface area contributed by atoms with Gasteiger partial charge in [-0.15, -0.1) is 0 Å². The van der Waals surface area contributed by atoms with Gasteiger partial charge in [-0.3, -0.25) is 0 Å². The lowest BCUT2D eigenvalue weighted by Crippen LogP contribution is -2.26. The summed E-state index contributed by atoms with van der Waals surface area (Å²) in [5, 5.41) is 2.55. The lowest BCUT2D eigenvalue weighted by atomic mass is 9.69. The summed E-state index contributed by atoms with van der Waals surface area (Å²) in [6.07, 6.45) is 10.5. The third-order valence-electron chi connectivity index (χ3n) is 15.1. The lowest BCUT2D eigenvalue weighted by molar-refractivity contribution is 0.710. The molecule has 2 heteroatoms. The number of aromatic nitrogens is 1. The second kappa shape index (κ2) is 13.7. The fourth-order valence-corrected chi connectivity index (χ4v) is 12.4. The zero-order chi connectivity index (χ0) is 40.1. The van der Waals surface area contributed by atoms with Crippen molar-refractivity contribution in [2.24, 2.45) is 0 Å². The van der Waals surface area contributed by atoms with Crippen LogP contribution in [0.1, 0.15) is 96.6 Å². The summed E-state index contributed by atoms with van der Waals surface area (Å²) in [6.45, 7) is 0. The Bertz CT molecular complexity index is 3060. The summed E-state index contributed by atoms with van der Waals surface area (Å²) in [5.74, 6) is 1.27. The minimum absolute atomic E-state index is 0.414. The summed E-state index contributed by atoms with van der Waals surface area (Å²) in [6, 6.07) is 69.7. The molecule has 0 aliphatic heterocycles. The van der Waals surface area contributed by atoms with Gasteiger partial charge in [-0.1, -0.05) is 159 Å². The Kier molecular flexibility index (Phi) is 7.89. The van der Waals surface area contributed by atoms with Gasteiger partial charge in [-0.05, 0) is 136 Å². The fourth-order valence-electron chi connectivity index (χ4n) is 12.4. The molecule has 0 unspecified atom stereocenters. The van der Waals surface area contributed by atoms with Gasteiger partial charge in [0.25, 0.3) is 0 Å². The van der Waals surface area contributed by atoms with Crippen LogP contribution in [0.2, 0.25) is 0 Å². The maximum atomic E-state index is 2.66. The van der Waals surface area contributed by atoms with Crippen molar-refractivity contribution in [3.8, 4) is 27.9 Å². The number of hydrogen-bond acceptors (Lipinski definition) is 1. The molecule has 0 amide bonds. The zero-order valence-electron chi connectivity index (χ0n) is 34.5. The van der Waals surface area contributed by atoms with Crippen LogP contribution in [0.15, 0.2) is 182 Å². The predicted octanol–water partition coefficient (Wildman–Crippen LogP) is 15.9. The minimum Gasteiger partial charge on any atom is -0.310 e. The molecule has 2 nitrogen and oxygen atoms in total. The average Bonchev–Trinajstić information content (AvgIpc) is 4.18. The lowest BCUT2D eigenvalue weighted by Gasteiger charge is -2.32. The molecule has 0 bridgehead atoms. The molecular formula is C59H48N2. The van der Waals surface area contributed by atoms with E-state index in [9.17, 15) is 0 Å². The summed E-state index contributed by atoms with van der Waals surface area (Å²) in [5.41, 5.74) is 20.9. The third kappa shape index (κ3) is 5.09. The first-order chi connectivity index (χ1) is 30.3. The Labute approximate surface area is 358 Å². The van der Waals surface area contributed by atoms with Gasteiger partial charge in [0.2, 0.25) is 0 Å². The summed E-state index contributed by atoms with van der Waals surface area (Å²) < 4.78 is 2.44. The number of para-hydroxylation sites is 3. The molecule has 8 aromatic carbocycles. The van der Waals surface area contributed by atoms with Gasteiger partial charge >= 0.3 is 0 Å². The number of fused-ring (bicyclic) bond motifs is 13. The molecule has 1 aromatic heterocycles. The standard InChI is InChI=1S/C59H48N2/c1-2-20-43(21-3-1)60(44-22-14-23-45(38-44)61-55-29-12-9-24-48(55)49-25-10-13-30-56(49)61)57-31-15-28-52-58(57)50-26-8-11-27-51(50)59(52)53-36-41(39-16-4-5-17-39)32-34-46(53)47-35-33-42(37-54(47)59)40-18-6-7-19-40/h1-3,8-15,20-40H,4-7,16-19H2. The first kappa shape index (κ1) is 35.1. The van der Waals surface area contributed by atoms with Crippen LogP contribution in [0.4, 0.5) is 17.1 Å². The van der Waals surface area contributed by atoms with Gasteiger partial charge in [0.05, 0.1) is 22.1 Å². The Morgan fingerprint density at radius 2 is 0.951 bits per heavy atom. The summed E-state index contributed by atoms with van der Waals surface area (Å²) in [7, 11) is 0. The van der Waals surface area contributed by atoms with E-state index in [-0.39, 0.29) is 0 Å². The third-order valence-corrected chi connectivity index (χ3v) is 15.1. The van der Waals surface area contributed by atoms with Crippen LogP contribution in [0.3, 0.4) is 0 Å². The molecule has 0 saturated heterocycles. The van der Waals surface area contributed by atoms with E-state index in [1.807, 2.05) is 0 Å². The maximum absolute atomic E-state index is 2.66. The molecule has 4 aliphatic carbocycles. The predicted molar refractivity (Wildman–Crippen MR) is 254 cm³/mol. The van der Waals surface area contributed by atoms with Gasteiger partial charge < -0.3 is 9.47 Å².